The summed E-state index contributed by atoms with van der Waals surface area (Å²) >= 11 is 0. The number of pyridine rings is 1. The number of anilines is 1. The molecule has 1 N–H and O–H groups in total. The number of carbonyl (C=O) groups is 1. The summed E-state index contributed by atoms with van der Waals surface area (Å²) in [6.07, 6.45) is 10.2. The van der Waals surface area contributed by atoms with Gasteiger partial charge in [0.1, 0.15) is 0 Å². The van der Waals surface area contributed by atoms with E-state index in [1.165, 1.54) is 19.3 Å². The summed E-state index contributed by atoms with van der Waals surface area (Å²) in [6, 6.07) is 3.77. The number of piperidine rings is 1. The average Bonchev–Trinajstić information content (AvgIpc) is 2.61. The van der Waals surface area contributed by atoms with Gasteiger partial charge in [-0.15, -0.1) is 0 Å². The zero-order valence-electron chi connectivity index (χ0n) is 12.4. The average molecular weight is 297 g/mol. The van der Waals surface area contributed by atoms with Crippen molar-refractivity contribution in [2.24, 2.45) is 0 Å². The Morgan fingerprint density at radius 3 is 2.59 bits per heavy atom. The quantitative estimate of drug-likeness (QED) is 0.931. The zero-order chi connectivity index (χ0) is 15.2. The minimum Gasteiger partial charge on any atom is -0.348 e. The van der Waals surface area contributed by atoms with Gasteiger partial charge in [-0.25, -0.2) is 9.97 Å². The topological polar surface area (TPSA) is 71.0 Å². The molecule has 3 heterocycles. The summed E-state index contributed by atoms with van der Waals surface area (Å²) in [6.45, 7) is 2.43. The molecule has 1 amide bonds. The molecule has 0 aliphatic carbocycles. The number of aromatic nitrogens is 3. The molecule has 0 unspecified atom stereocenters. The van der Waals surface area contributed by atoms with Gasteiger partial charge in [-0.2, -0.15) is 0 Å². The molecule has 6 nitrogen and oxygen atoms in total. The lowest BCUT2D eigenvalue weighted by Gasteiger charge is -2.26. The maximum absolute atomic E-state index is 12.1. The first kappa shape index (κ1) is 14.4. The number of amides is 1. The summed E-state index contributed by atoms with van der Waals surface area (Å²) < 4.78 is 0. The van der Waals surface area contributed by atoms with Gasteiger partial charge in [0.25, 0.3) is 5.91 Å². The van der Waals surface area contributed by atoms with Gasteiger partial charge in [0.2, 0.25) is 5.95 Å². The number of hydrogen-bond donors (Lipinski definition) is 1. The zero-order valence-corrected chi connectivity index (χ0v) is 12.4. The second-order valence-electron chi connectivity index (χ2n) is 5.36. The van der Waals surface area contributed by atoms with E-state index in [1.54, 1.807) is 24.8 Å². The number of rotatable bonds is 4. The van der Waals surface area contributed by atoms with Gasteiger partial charge in [-0.05, 0) is 30.9 Å². The normalized spacial score (nSPS) is 14.6. The van der Waals surface area contributed by atoms with Crippen molar-refractivity contribution in [2.45, 2.75) is 25.8 Å². The van der Waals surface area contributed by atoms with Crippen LogP contribution in [-0.4, -0.2) is 33.9 Å². The molecule has 0 radical (unpaired) electrons. The second kappa shape index (κ2) is 6.98. The summed E-state index contributed by atoms with van der Waals surface area (Å²) in [7, 11) is 0. The maximum atomic E-state index is 12.1. The molecule has 2 aromatic rings. The van der Waals surface area contributed by atoms with Crippen LogP contribution < -0.4 is 10.2 Å². The smallest absolute Gasteiger partial charge is 0.254 e. The Hall–Kier alpha value is -2.50. The third-order valence-corrected chi connectivity index (χ3v) is 3.72. The molecular weight excluding hydrogens is 278 g/mol. The lowest BCUT2D eigenvalue weighted by atomic mass is 10.1. The van der Waals surface area contributed by atoms with E-state index in [0.717, 1.165) is 18.7 Å². The highest BCUT2D eigenvalue weighted by atomic mass is 16.1. The molecule has 114 valence electrons. The Morgan fingerprint density at radius 2 is 1.91 bits per heavy atom. The lowest BCUT2D eigenvalue weighted by molar-refractivity contribution is 0.0950. The molecule has 1 aliphatic rings. The van der Waals surface area contributed by atoms with Crippen molar-refractivity contribution in [3.63, 3.8) is 0 Å². The number of nitrogens with one attached hydrogen (secondary N) is 1. The molecular formula is C16H19N5O. The van der Waals surface area contributed by atoms with Crippen molar-refractivity contribution in [2.75, 3.05) is 18.0 Å². The van der Waals surface area contributed by atoms with Crippen molar-refractivity contribution >= 4 is 11.9 Å². The van der Waals surface area contributed by atoms with Gasteiger partial charge in [0, 0.05) is 44.4 Å². The van der Waals surface area contributed by atoms with Gasteiger partial charge in [-0.3, -0.25) is 9.78 Å². The van der Waals surface area contributed by atoms with Crippen molar-refractivity contribution in [3.05, 3.63) is 48.0 Å². The second-order valence-corrected chi connectivity index (χ2v) is 5.36. The Labute approximate surface area is 129 Å². The predicted octanol–water partition coefficient (Wildman–Crippen LogP) is 1.79. The van der Waals surface area contributed by atoms with Crippen LogP contribution in [0.25, 0.3) is 0 Å². The van der Waals surface area contributed by atoms with Gasteiger partial charge >= 0.3 is 0 Å². The van der Waals surface area contributed by atoms with E-state index in [0.29, 0.717) is 18.1 Å². The first-order chi connectivity index (χ1) is 10.8. The summed E-state index contributed by atoms with van der Waals surface area (Å²) in [5.41, 5.74) is 1.44. The van der Waals surface area contributed by atoms with Crippen LogP contribution in [0.4, 0.5) is 5.95 Å². The fraction of sp³-hybridized carbons (Fsp3) is 0.375. The van der Waals surface area contributed by atoms with Crippen LogP contribution in [0.3, 0.4) is 0 Å². The van der Waals surface area contributed by atoms with Crippen LogP contribution in [0.1, 0.15) is 35.2 Å². The Balaban J connectivity index is 1.58. The van der Waals surface area contributed by atoms with E-state index < -0.39 is 0 Å². The fourth-order valence-electron chi connectivity index (χ4n) is 2.48. The Morgan fingerprint density at radius 1 is 1.14 bits per heavy atom. The van der Waals surface area contributed by atoms with Gasteiger partial charge in [0.15, 0.2) is 0 Å². The van der Waals surface area contributed by atoms with E-state index in [9.17, 15) is 4.79 Å². The minimum atomic E-state index is -0.172. The van der Waals surface area contributed by atoms with E-state index >= 15 is 0 Å². The van der Waals surface area contributed by atoms with Crippen molar-refractivity contribution in [1.29, 1.82) is 0 Å². The van der Waals surface area contributed by atoms with Crippen molar-refractivity contribution in [1.82, 2.24) is 20.3 Å². The number of nitrogens with zero attached hydrogens (tertiary/aromatic N) is 4. The summed E-state index contributed by atoms with van der Waals surface area (Å²) in [5, 5.41) is 2.84. The highest BCUT2D eigenvalue weighted by Crippen LogP contribution is 2.14. The molecule has 1 saturated heterocycles. The van der Waals surface area contributed by atoms with Crippen LogP contribution in [-0.2, 0) is 6.54 Å². The molecule has 2 aromatic heterocycles. The highest BCUT2D eigenvalue weighted by molar-refractivity contribution is 5.93. The van der Waals surface area contributed by atoms with Crippen LogP contribution in [0.2, 0.25) is 0 Å². The molecule has 0 saturated carbocycles. The monoisotopic (exact) mass is 297 g/mol. The van der Waals surface area contributed by atoms with Gasteiger partial charge in [0.05, 0.1) is 5.56 Å². The van der Waals surface area contributed by atoms with E-state index in [-0.39, 0.29) is 5.91 Å². The molecule has 3 rings (SSSR count). The largest absolute Gasteiger partial charge is 0.348 e. The third kappa shape index (κ3) is 3.58. The van der Waals surface area contributed by atoms with E-state index in [2.05, 4.69) is 25.2 Å². The van der Waals surface area contributed by atoms with Gasteiger partial charge in [-0.1, -0.05) is 6.07 Å². The highest BCUT2D eigenvalue weighted by Gasteiger charge is 2.14. The molecule has 22 heavy (non-hydrogen) atoms. The van der Waals surface area contributed by atoms with Gasteiger partial charge < -0.3 is 10.2 Å². The van der Waals surface area contributed by atoms with Crippen molar-refractivity contribution < 1.29 is 4.79 Å². The number of carbonyl (C=O) groups excluding carboxylic acids is 1. The Kier molecular flexibility index (Phi) is 4.58. The molecule has 0 spiro atoms. The van der Waals surface area contributed by atoms with Crippen LogP contribution >= 0.6 is 0 Å². The lowest BCUT2D eigenvalue weighted by Crippen LogP contribution is -2.31. The Bertz CT molecular complexity index is 608. The molecule has 1 aliphatic heterocycles. The van der Waals surface area contributed by atoms with Crippen LogP contribution in [0, 0.1) is 0 Å². The molecule has 6 heteroatoms. The minimum absolute atomic E-state index is 0.172. The summed E-state index contributed by atoms with van der Waals surface area (Å²) in [4.78, 5) is 26.9. The molecule has 0 aromatic carbocycles. The fourth-order valence-corrected chi connectivity index (χ4v) is 2.48. The van der Waals surface area contributed by atoms with Crippen molar-refractivity contribution in [3.8, 4) is 0 Å². The first-order valence-corrected chi connectivity index (χ1v) is 7.57. The van der Waals surface area contributed by atoms with Crippen LogP contribution in [0.5, 0.6) is 0 Å². The SMILES string of the molecule is O=C(NCc1cccnc1)c1cnc(N2CCCCC2)nc1. The predicted molar refractivity (Wildman–Crippen MR) is 83.5 cm³/mol. The van der Waals surface area contributed by atoms with E-state index in [4.69, 9.17) is 0 Å². The number of hydrogen-bond acceptors (Lipinski definition) is 5. The molecule has 0 bridgehead atoms. The third-order valence-electron chi connectivity index (χ3n) is 3.72. The molecule has 0 atom stereocenters. The maximum Gasteiger partial charge on any atom is 0.254 e. The summed E-state index contributed by atoms with van der Waals surface area (Å²) in [5.74, 6) is 0.539. The molecule has 1 fully saturated rings. The first-order valence-electron chi connectivity index (χ1n) is 7.57. The van der Waals surface area contributed by atoms with E-state index in [1.807, 2.05) is 12.1 Å². The van der Waals surface area contributed by atoms with Crippen LogP contribution in [0.15, 0.2) is 36.9 Å². The standard InChI is InChI=1S/C16H19N5O/c22-15(18-10-13-5-4-6-17-9-13)14-11-19-16(20-12-14)21-7-2-1-3-8-21/h4-6,9,11-12H,1-3,7-8,10H2,(H,18,22).